The fourth-order valence-electron chi connectivity index (χ4n) is 2.40. The normalized spacial score (nSPS) is 20.4. The van der Waals surface area contributed by atoms with Crippen molar-refractivity contribution in [3.63, 3.8) is 0 Å². The summed E-state index contributed by atoms with van der Waals surface area (Å²) in [5, 5.41) is 2.59. The number of likely N-dealkylation sites (N-methyl/N-ethyl adjacent to an activating group) is 1. The lowest BCUT2D eigenvalue weighted by Crippen LogP contribution is -2.55. The standard InChI is InChI=1S/C13H21N5O/c1-15-13(19)12-7-10(3-4-16-12)18-6-5-17(2)9-11(18)8-14/h3-4,7,11H,5-6,8-9,14H2,1-2H3,(H,15,19). The van der Waals surface area contributed by atoms with Crippen LogP contribution in [-0.2, 0) is 0 Å². The van der Waals surface area contributed by atoms with Crippen LogP contribution in [0.5, 0.6) is 0 Å². The van der Waals surface area contributed by atoms with E-state index in [4.69, 9.17) is 5.73 Å². The van der Waals surface area contributed by atoms with E-state index in [1.54, 1.807) is 13.2 Å². The highest BCUT2D eigenvalue weighted by atomic mass is 16.1. The minimum atomic E-state index is -0.166. The number of nitrogens with two attached hydrogens (primary N) is 1. The first kappa shape index (κ1) is 13.8. The molecule has 1 aromatic rings. The van der Waals surface area contributed by atoms with Gasteiger partial charge in [0.2, 0.25) is 0 Å². The third-order valence-corrected chi connectivity index (χ3v) is 3.49. The molecule has 1 aliphatic rings. The maximum Gasteiger partial charge on any atom is 0.269 e. The van der Waals surface area contributed by atoms with Crippen LogP contribution in [0, 0.1) is 0 Å². The van der Waals surface area contributed by atoms with Gasteiger partial charge < -0.3 is 20.9 Å². The van der Waals surface area contributed by atoms with Crippen LogP contribution in [0.3, 0.4) is 0 Å². The zero-order valence-electron chi connectivity index (χ0n) is 11.5. The number of hydrogen-bond donors (Lipinski definition) is 2. The van der Waals surface area contributed by atoms with Gasteiger partial charge >= 0.3 is 0 Å². The van der Waals surface area contributed by atoms with E-state index in [0.29, 0.717) is 12.2 Å². The van der Waals surface area contributed by atoms with Gasteiger partial charge in [-0.1, -0.05) is 0 Å². The lowest BCUT2D eigenvalue weighted by molar-refractivity contribution is 0.0958. The fourth-order valence-corrected chi connectivity index (χ4v) is 2.40. The average Bonchev–Trinajstić information content (AvgIpc) is 2.46. The summed E-state index contributed by atoms with van der Waals surface area (Å²) in [5.41, 5.74) is 7.30. The number of nitrogens with zero attached hydrogens (tertiary/aromatic N) is 3. The number of anilines is 1. The zero-order chi connectivity index (χ0) is 13.8. The van der Waals surface area contributed by atoms with Crippen LogP contribution in [0.15, 0.2) is 18.3 Å². The number of amides is 1. The molecule has 1 unspecified atom stereocenters. The number of carbonyl (C=O) groups is 1. The van der Waals surface area contributed by atoms with Crippen molar-refractivity contribution < 1.29 is 4.79 Å². The molecule has 1 saturated heterocycles. The number of nitrogens with one attached hydrogen (secondary N) is 1. The van der Waals surface area contributed by atoms with E-state index in [9.17, 15) is 4.79 Å². The maximum absolute atomic E-state index is 11.6. The van der Waals surface area contributed by atoms with Gasteiger partial charge in [-0.2, -0.15) is 0 Å². The highest BCUT2D eigenvalue weighted by molar-refractivity contribution is 5.92. The summed E-state index contributed by atoms with van der Waals surface area (Å²) in [6, 6.07) is 4.03. The minimum absolute atomic E-state index is 0.166. The topological polar surface area (TPSA) is 74.5 Å². The highest BCUT2D eigenvalue weighted by Crippen LogP contribution is 2.20. The molecule has 19 heavy (non-hydrogen) atoms. The summed E-state index contributed by atoms with van der Waals surface area (Å²) in [4.78, 5) is 20.2. The summed E-state index contributed by atoms with van der Waals surface area (Å²) < 4.78 is 0. The van der Waals surface area contributed by atoms with Gasteiger partial charge in [0, 0.05) is 45.1 Å². The summed E-state index contributed by atoms with van der Waals surface area (Å²) in [5.74, 6) is -0.166. The molecule has 1 atom stereocenters. The van der Waals surface area contributed by atoms with Crippen LogP contribution in [-0.4, -0.2) is 62.1 Å². The third kappa shape index (κ3) is 3.02. The Balaban J connectivity index is 2.23. The molecule has 0 aliphatic carbocycles. The molecule has 3 N–H and O–H groups in total. The SMILES string of the molecule is CNC(=O)c1cc(N2CCN(C)CC2CN)ccn1. The predicted molar refractivity (Wildman–Crippen MR) is 75.3 cm³/mol. The van der Waals surface area contributed by atoms with Crippen LogP contribution in [0.4, 0.5) is 5.69 Å². The lowest BCUT2D eigenvalue weighted by Gasteiger charge is -2.41. The van der Waals surface area contributed by atoms with Gasteiger partial charge in [0.1, 0.15) is 5.69 Å². The molecule has 0 spiro atoms. The Bertz CT molecular complexity index is 450. The van der Waals surface area contributed by atoms with E-state index in [0.717, 1.165) is 25.3 Å². The molecule has 1 aliphatic heterocycles. The van der Waals surface area contributed by atoms with E-state index < -0.39 is 0 Å². The first-order chi connectivity index (χ1) is 9.15. The number of carbonyl (C=O) groups excluding carboxylic acids is 1. The van der Waals surface area contributed by atoms with Crippen molar-refractivity contribution in [2.24, 2.45) is 5.73 Å². The van der Waals surface area contributed by atoms with Gasteiger partial charge in [-0.05, 0) is 19.2 Å². The van der Waals surface area contributed by atoms with Crippen LogP contribution in [0.2, 0.25) is 0 Å². The zero-order valence-corrected chi connectivity index (χ0v) is 11.5. The quantitative estimate of drug-likeness (QED) is 0.770. The second-order valence-electron chi connectivity index (χ2n) is 4.82. The Hall–Kier alpha value is -1.66. The lowest BCUT2D eigenvalue weighted by atomic mass is 10.1. The van der Waals surface area contributed by atoms with Crippen LogP contribution in [0.25, 0.3) is 0 Å². The number of aromatic nitrogens is 1. The van der Waals surface area contributed by atoms with Gasteiger partial charge in [-0.15, -0.1) is 0 Å². The minimum Gasteiger partial charge on any atom is -0.365 e. The molecule has 0 aromatic carbocycles. The molecule has 0 radical (unpaired) electrons. The van der Waals surface area contributed by atoms with Gasteiger partial charge in [0.15, 0.2) is 0 Å². The molecular weight excluding hydrogens is 242 g/mol. The summed E-state index contributed by atoms with van der Waals surface area (Å²) in [7, 11) is 3.71. The molecule has 1 fully saturated rings. The molecule has 1 amide bonds. The summed E-state index contributed by atoms with van der Waals surface area (Å²) in [6.45, 7) is 3.44. The fraction of sp³-hybridized carbons (Fsp3) is 0.538. The van der Waals surface area contributed by atoms with E-state index in [-0.39, 0.29) is 11.9 Å². The van der Waals surface area contributed by atoms with Crippen LogP contribution in [0.1, 0.15) is 10.5 Å². The second-order valence-corrected chi connectivity index (χ2v) is 4.82. The van der Waals surface area contributed by atoms with Gasteiger partial charge in [0.25, 0.3) is 5.91 Å². The van der Waals surface area contributed by atoms with Crippen molar-refractivity contribution in [2.75, 3.05) is 45.2 Å². The molecule has 6 heteroatoms. The van der Waals surface area contributed by atoms with Crippen molar-refractivity contribution in [2.45, 2.75) is 6.04 Å². The molecule has 1 aromatic heterocycles. The van der Waals surface area contributed by atoms with Gasteiger partial charge in [-0.3, -0.25) is 9.78 Å². The molecular formula is C13H21N5O. The maximum atomic E-state index is 11.6. The highest BCUT2D eigenvalue weighted by Gasteiger charge is 2.24. The molecule has 0 saturated carbocycles. The Morgan fingerprint density at radius 1 is 1.58 bits per heavy atom. The van der Waals surface area contributed by atoms with E-state index in [1.807, 2.05) is 12.1 Å². The number of piperazine rings is 1. The van der Waals surface area contributed by atoms with E-state index in [1.165, 1.54) is 0 Å². The van der Waals surface area contributed by atoms with Crippen LogP contribution >= 0.6 is 0 Å². The van der Waals surface area contributed by atoms with E-state index >= 15 is 0 Å². The smallest absolute Gasteiger partial charge is 0.269 e. The molecule has 104 valence electrons. The second kappa shape index (κ2) is 5.99. The number of pyridine rings is 1. The molecule has 6 nitrogen and oxygen atoms in total. The monoisotopic (exact) mass is 263 g/mol. The number of hydrogen-bond acceptors (Lipinski definition) is 5. The van der Waals surface area contributed by atoms with Crippen molar-refractivity contribution in [3.05, 3.63) is 24.0 Å². The molecule has 0 bridgehead atoms. The average molecular weight is 263 g/mol. The number of rotatable bonds is 3. The van der Waals surface area contributed by atoms with Gasteiger partial charge in [0.05, 0.1) is 6.04 Å². The van der Waals surface area contributed by atoms with Crippen LogP contribution < -0.4 is 16.0 Å². The largest absolute Gasteiger partial charge is 0.365 e. The Labute approximate surface area is 113 Å². The van der Waals surface area contributed by atoms with E-state index in [2.05, 4.69) is 27.1 Å². The Kier molecular flexibility index (Phi) is 4.34. The third-order valence-electron chi connectivity index (χ3n) is 3.49. The molecule has 2 heterocycles. The van der Waals surface area contributed by atoms with Crippen molar-refractivity contribution in [1.29, 1.82) is 0 Å². The first-order valence-corrected chi connectivity index (χ1v) is 6.49. The van der Waals surface area contributed by atoms with Gasteiger partial charge in [-0.25, -0.2) is 0 Å². The predicted octanol–water partition coefficient (Wildman–Crippen LogP) is -0.480. The Morgan fingerprint density at radius 3 is 3.05 bits per heavy atom. The van der Waals surface area contributed by atoms with Crippen molar-refractivity contribution >= 4 is 11.6 Å². The summed E-state index contributed by atoms with van der Waals surface area (Å²) >= 11 is 0. The van der Waals surface area contributed by atoms with Crippen molar-refractivity contribution in [1.82, 2.24) is 15.2 Å². The first-order valence-electron chi connectivity index (χ1n) is 6.49. The van der Waals surface area contributed by atoms with Crippen molar-refractivity contribution in [3.8, 4) is 0 Å². The Morgan fingerprint density at radius 2 is 2.37 bits per heavy atom. The molecule has 2 rings (SSSR count). The summed E-state index contributed by atoms with van der Waals surface area (Å²) in [6.07, 6.45) is 1.67.